The minimum Gasteiger partial charge on any atom is -0.375 e. The van der Waals surface area contributed by atoms with Crippen LogP contribution < -0.4 is 16.8 Å². The number of hydrogen-bond acceptors (Lipinski definition) is 6. The van der Waals surface area contributed by atoms with Crippen molar-refractivity contribution in [2.75, 3.05) is 12.3 Å². The highest BCUT2D eigenvalue weighted by molar-refractivity contribution is 7.15. The zero-order valence-corrected chi connectivity index (χ0v) is 21.7. The Morgan fingerprint density at radius 3 is 2.73 bits per heavy atom. The van der Waals surface area contributed by atoms with Crippen molar-refractivity contribution in [3.8, 4) is 0 Å². The number of hydrogen-bond donors (Lipinski definition) is 3. The van der Waals surface area contributed by atoms with Crippen molar-refractivity contribution in [1.82, 2.24) is 15.2 Å². The topological polar surface area (TPSA) is 114 Å². The maximum Gasteiger partial charge on any atom is 0.243 e. The number of anilines is 1. The molecule has 2 aromatic rings. The molecule has 1 fully saturated rings. The Bertz CT molecular complexity index is 1010. The Hall–Kier alpha value is -1.29. The highest BCUT2D eigenvalue weighted by atomic mass is 35.5. The molecule has 0 saturated carbocycles. The molecule has 0 radical (unpaired) electrons. The van der Waals surface area contributed by atoms with E-state index in [0.717, 1.165) is 41.8 Å². The molecule has 1 unspecified atom stereocenters. The molecule has 1 aromatic carbocycles. The van der Waals surface area contributed by atoms with Gasteiger partial charge in [0.15, 0.2) is 5.13 Å². The lowest BCUT2D eigenvalue weighted by Crippen LogP contribution is -2.53. The summed E-state index contributed by atoms with van der Waals surface area (Å²) in [5, 5.41) is 4.58. The second-order valence-corrected chi connectivity index (χ2v) is 10.0. The molecule has 1 aliphatic heterocycles. The molecule has 1 saturated heterocycles. The van der Waals surface area contributed by atoms with Crippen molar-refractivity contribution in [2.24, 2.45) is 5.73 Å². The van der Waals surface area contributed by atoms with Gasteiger partial charge in [0.05, 0.1) is 21.8 Å². The molecule has 7 nitrogen and oxygen atoms in total. The van der Waals surface area contributed by atoms with E-state index in [1.54, 1.807) is 23.1 Å². The van der Waals surface area contributed by atoms with Crippen LogP contribution in [0.2, 0.25) is 10.0 Å². The van der Waals surface area contributed by atoms with Gasteiger partial charge in [0, 0.05) is 23.9 Å². The molecule has 3 atom stereocenters. The summed E-state index contributed by atoms with van der Waals surface area (Å²) in [6.45, 7) is 0.534. The lowest BCUT2D eigenvalue weighted by atomic mass is 9.97. The van der Waals surface area contributed by atoms with Crippen LogP contribution in [-0.2, 0) is 28.9 Å². The molecule has 0 spiro atoms. The van der Waals surface area contributed by atoms with Gasteiger partial charge in [-0.15, -0.1) is 36.2 Å². The lowest BCUT2D eigenvalue weighted by Gasteiger charge is -2.29. The Balaban J connectivity index is 0.00000193. The van der Waals surface area contributed by atoms with Gasteiger partial charge in [-0.25, -0.2) is 4.98 Å². The number of nitrogen functional groups attached to an aromatic ring is 1. The van der Waals surface area contributed by atoms with E-state index in [2.05, 4.69) is 10.3 Å². The molecular weight excluding hydrogens is 528 g/mol. The van der Waals surface area contributed by atoms with E-state index in [1.807, 2.05) is 0 Å². The van der Waals surface area contributed by atoms with Crippen molar-refractivity contribution in [3.63, 3.8) is 0 Å². The summed E-state index contributed by atoms with van der Waals surface area (Å²) in [5.41, 5.74) is 13.9. The number of nitrogens with two attached hydrogens (primary N) is 2. The van der Waals surface area contributed by atoms with Gasteiger partial charge in [-0.3, -0.25) is 9.59 Å². The van der Waals surface area contributed by atoms with E-state index in [4.69, 9.17) is 34.7 Å². The van der Waals surface area contributed by atoms with Crippen LogP contribution in [0.5, 0.6) is 0 Å². The monoisotopic (exact) mass is 553 g/mol. The normalized spacial score (nSPS) is 20.3. The van der Waals surface area contributed by atoms with Crippen LogP contribution in [0.3, 0.4) is 0 Å². The van der Waals surface area contributed by atoms with E-state index in [9.17, 15) is 9.59 Å². The van der Waals surface area contributed by atoms with E-state index in [0.29, 0.717) is 34.6 Å². The van der Waals surface area contributed by atoms with Crippen LogP contribution >= 0.6 is 59.4 Å². The van der Waals surface area contributed by atoms with E-state index < -0.39 is 12.1 Å². The number of halogens is 4. The van der Waals surface area contributed by atoms with Gasteiger partial charge in [0.1, 0.15) is 6.04 Å². The van der Waals surface area contributed by atoms with Crippen LogP contribution in [-0.4, -0.2) is 46.4 Å². The van der Waals surface area contributed by atoms with Gasteiger partial charge in [-0.05, 0) is 49.8 Å². The Morgan fingerprint density at radius 2 is 2.00 bits per heavy atom. The van der Waals surface area contributed by atoms with E-state index in [1.165, 1.54) is 11.3 Å². The predicted octanol–water partition coefficient (Wildman–Crippen LogP) is 3.41. The fourth-order valence-corrected chi connectivity index (χ4v) is 5.62. The van der Waals surface area contributed by atoms with Gasteiger partial charge in [-0.2, -0.15) is 0 Å². The quantitative estimate of drug-likeness (QED) is 0.524. The number of nitrogens with one attached hydrogen (secondary N) is 1. The zero-order valence-electron chi connectivity index (χ0n) is 17.8. The van der Waals surface area contributed by atoms with Crippen LogP contribution in [0.1, 0.15) is 35.4 Å². The molecule has 2 aliphatic rings. The average molecular weight is 555 g/mol. The molecule has 4 rings (SSSR count). The highest BCUT2D eigenvalue weighted by Gasteiger charge is 2.37. The summed E-state index contributed by atoms with van der Waals surface area (Å²) in [5.74, 6) is -0.330. The summed E-state index contributed by atoms with van der Waals surface area (Å²) in [4.78, 5) is 33.1. The largest absolute Gasteiger partial charge is 0.375 e. The molecule has 33 heavy (non-hydrogen) atoms. The number of rotatable bonds is 5. The first-order chi connectivity index (χ1) is 14.8. The van der Waals surface area contributed by atoms with Crippen molar-refractivity contribution < 1.29 is 9.59 Å². The summed E-state index contributed by atoms with van der Waals surface area (Å²) in [6.07, 6.45) is 4.10. The van der Waals surface area contributed by atoms with Gasteiger partial charge in [0.25, 0.3) is 0 Å². The summed E-state index contributed by atoms with van der Waals surface area (Å²) in [7, 11) is 0. The van der Waals surface area contributed by atoms with Crippen molar-refractivity contribution >= 4 is 76.3 Å². The van der Waals surface area contributed by atoms with Gasteiger partial charge < -0.3 is 21.7 Å². The Kier molecular flexibility index (Phi) is 10.1. The summed E-state index contributed by atoms with van der Waals surface area (Å²) >= 11 is 13.5. The SMILES string of the molecule is Cl.Cl.Nc1nc2c(s1)CC(NC(=O)[C@@H]1CCCN1C(=O)[C@H](N)Cc1ccc(Cl)c(Cl)c1)CC2. The summed E-state index contributed by atoms with van der Waals surface area (Å²) < 4.78 is 0. The number of aromatic nitrogens is 1. The fourth-order valence-electron chi connectivity index (χ4n) is 4.34. The molecule has 5 N–H and O–H groups in total. The number of likely N-dealkylation sites (tertiary alicyclic amines) is 1. The molecule has 2 amide bonds. The Morgan fingerprint density at radius 1 is 1.24 bits per heavy atom. The third-order valence-corrected chi connectivity index (χ3v) is 7.59. The van der Waals surface area contributed by atoms with Gasteiger partial charge in [-0.1, -0.05) is 29.3 Å². The predicted molar refractivity (Wildman–Crippen MR) is 138 cm³/mol. The number of carbonyl (C=O) groups excluding carboxylic acids is 2. The molecule has 182 valence electrons. The van der Waals surface area contributed by atoms with Crippen LogP contribution in [0.4, 0.5) is 5.13 Å². The van der Waals surface area contributed by atoms with Crippen LogP contribution in [0, 0.1) is 0 Å². The third kappa shape index (κ3) is 6.44. The molecule has 2 heterocycles. The second-order valence-electron chi connectivity index (χ2n) is 8.12. The third-order valence-electron chi connectivity index (χ3n) is 5.90. The fraction of sp³-hybridized carbons (Fsp3) is 0.476. The Labute approximate surface area is 219 Å². The number of benzene rings is 1. The first-order valence-electron chi connectivity index (χ1n) is 10.4. The van der Waals surface area contributed by atoms with Gasteiger partial charge in [0.2, 0.25) is 11.8 Å². The maximum atomic E-state index is 13.0. The van der Waals surface area contributed by atoms with Crippen LogP contribution in [0.15, 0.2) is 18.2 Å². The highest BCUT2D eigenvalue weighted by Crippen LogP contribution is 2.29. The van der Waals surface area contributed by atoms with Crippen molar-refractivity contribution in [1.29, 1.82) is 0 Å². The molecule has 12 heteroatoms. The molecule has 1 aromatic heterocycles. The van der Waals surface area contributed by atoms with Crippen molar-refractivity contribution in [2.45, 2.75) is 56.7 Å². The maximum absolute atomic E-state index is 13.0. The minimum atomic E-state index is -0.747. The van der Waals surface area contributed by atoms with E-state index >= 15 is 0 Å². The summed E-state index contributed by atoms with van der Waals surface area (Å²) in [6, 6.07) is 4.01. The van der Waals surface area contributed by atoms with Crippen molar-refractivity contribution in [3.05, 3.63) is 44.4 Å². The number of carbonyl (C=O) groups is 2. The number of fused-ring (bicyclic) bond motifs is 1. The second kappa shape index (κ2) is 11.9. The average Bonchev–Trinajstić information content (AvgIpc) is 3.35. The number of amides is 2. The first kappa shape index (κ1) is 28.0. The minimum absolute atomic E-state index is 0. The standard InChI is InChI=1S/C21H25Cl2N5O2S.2ClH/c22-13-5-3-11(8-14(13)23)9-15(24)20(30)28-7-1-2-17(28)19(29)26-12-4-6-16-18(10-12)31-21(25)27-16;;/h3,5,8,12,15,17H,1-2,4,6-7,9-10,24H2,(H2,25,27)(H,26,29);2*1H/t12?,15-,17+;;/m1../s1. The van der Waals surface area contributed by atoms with Gasteiger partial charge >= 0.3 is 0 Å². The molecule has 0 bridgehead atoms. The lowest BCUT2D eigenvalue weighted by molar-refractivity contribution is -0.139. The zero-order chi connectivity index (χ0) is 22.1. The molecular formula is C21H27Cl4N5O2S. The smallest absolute Gasteiger partial charge is 0.243 e. The molecule has 1 aliphatic carbocycles. The van der Waals surface area contributed by atoms with Crippen LogP contribution in [0.25, 0.3) is 0 Å². The number of nitrogens with zero attached hydrogens (tertiary/aromatic N) is 2. The van der Waals surface area contributed by atoms with E-state index in [-0.39, 0.29) is 42.7 Å². The number of thiazole rings is 1. The first-order valence-corrected chi connectivity index (χ1v) is 11.9. The number of aryl methyl sites for hydroxylation is 1.